The molecule has 0 spiro atoms. The summed E-state index contributed by atoms with van der Waals surface area (Å²) < 4.78 is 0. The van der Waals surface area contributed by atoms with E-state index in [2.05, 4.69) is 39.4 Å². The monoisotopic (exact) mass is 125 g/mol. The maximum Gasteiger partial charge on any atom is 0.0408 e. The molecular formula is C8H15N. The molecule has 0 aliphatic rings. The number of rotatable bonds is 2. The second-order valence-electron chi connectivity index (χ2n) is 2.70. The summed E-state index contributed by atoms with van der Waals surface area (Å²) >= 11 is 0. The lowest BCUT2D eigenvalue weighted by Gasteiger charge is -2.05. The minimum Gasteiger partial charge on any atom is -0.269 e. The second-order valence-corrected chi connectivity index (χ2v) is 2.70. The molecule has 9 heavy (non-hydrogen) atoms. The zero-order chi connectivity index (χ0) is 7.44. The topological polar surface area (TPSA) is 12.4 Å². The fraction of sp³-hybridized carbons (Fsp3) is 0.625. The molecule has 0 saturated heterocycles. The van der Waals surface area contributed by atoms with Crippen LogP contribution in [0.3, 0.4) is 0 Å². The smallest absolute Gasteiger partial charge is 0.0408 e. The Morgan fingerprint density at radius 3 is 1.78 bits per heavy atom. The predicted octanol–water partition coefficient (Wildman–Crippen LogP) is 2.64. The summed E-state index contributed by atoms with van der Waals surface area (Å²) in [4.78, 5) is 3.92. The van der Waals surface area contributed by atoms with Crippen LogP contribution in [0, 0.1) is 5.92 Å². The van der Waals surface area contributed by atoms with Crippen LogP contribution in [0.15, 0.2) is 16.3 Å². The Kier molecular flexibility index (Phi) is 3.21. The van der Waals surface area contributed by atoms with Crippen molar-refractivity contribution in [2.75, 3.05) is 0 Å². The summed E-state index contributed by atoms with van der Waals surface area (Å²) in [6.45, 7) is 11.9. The summed E-state index contributed by atoms with van der Waals surface area (Å²) in [6, 6.07) is 0. The van der Waals surface area contributed by atoms with Gasteiger partial charge in [0.1, 0.15) is 0 Å². The number of aliphatic imine (C=N–C) groups is 1. The molecule has 0 unspecified atom stereocenters. The molecule has 0 atom stereocenters. The van der Waals surface area contributed by atoms with Gasteiger partial charge in [0, 0.05) is 5.70 Å². The number of allylic oxidation sites excluding steroid dienone is 2. The molecule has 0 amide bonds. The summed E-state index contributed by atoms with van der Waals surface area (Å²) in [5.74, 6) is 0.507. The van der Waals surface area contributed by atoms with Crippen molar-refractivity contribution in [1.82, 2.24) is 0 Å². The van der Waals surface area contributed by atoms with Crippen molar-refractivity contribution in [2.24, 2.45) is 10.9 Å². The average molecular weight is 125 g/mol. The molecule has 0 heterocycles. The molecule has 0 rings (SSSR count). The quantitative estimate of drug-likeness (QED) is 0.503. The first-order chi connectivity index (χ1) is 4.09. The van der Waals surface area contributed by atoms with Gasteiger partial charge in [-0.1, -0.05) is 19.4 Å². The van der Waals surface area contributed by atoms with Crippen molar-refractivity contribution in [1.29, 1.82) is 0 Å². The molecule has 1 nitrogen and oxygen atoms in total. The van der Waals surface area contributed by atoms with E-state index in [4.69, 9.17) is 0 Å². The molecule has 0 aliphatic carbocycles. The fourth-order valence-electron chi connectivity index (χ4n) is 0.918. The van der Waals surface area contributed by atoms with Crippen molar-refractivity contribution in [3.63, 3.8) is 0 Å². The molecule has 0 radical (unpaired) electrons. The van der Waals surface area contributed by atoms with Gasteiger partial charge in [-0.3, -0.25) is 4.99 Å². The van der Waals surface area contributed by atoms with Gasteiger partial charge < -0.3 is 0 Å². The number of hydrogen-bond donors (Lipinski definition) is 0. The van der Waals surface area contributed by atoms with Crippen molar-refractivity contribution >= 4 is 6.72 Å². The maximum absolute atomic E-state index is 3.92. The highest BCUT2D eigenvalue weighted by molar-refractivity contribution is 5.30. The van der Waals surface area contributed by atoms with E-state index in [1.54, 1.807) is 0 Å². The Labute approximate surface area is 57.5 Å². The van der Waals surface area contributed by atoms with Gasteiger partial charge in [0.05, 0.1) is 0 Å². The first-order valence-electron chi connectivity index (χ1n) is 3.23. The van der Waals surface area contributed by atoms with Crippen LogP contribution in [0.5, 0.6) is 0 Å². The molecule has 0 aliphatic heterocycles. The second kappa shape index (κ2) is 3.44. The highest BCUT2D eigenvalue weighted by Crippen LogP contribution is 2.14. The van der Waals surface area contributed by atoms with E-state index in [-0.39, 0.29) is 0 Å². The van der Waals surface area contributed by atoms with Crippen LogP contribution in [-0.2, 0) is 0 Å². The van der Waals surface area contributed by atoms with Gasteiger partial charge in [0.25, 0.3) is 0 Å². The Balaban J connectivity index is 4.34. The zero-order valence-corrected chi connectivity index (χ0v) is 6.73. The van der Waals surface area contributed by atoms with Crippen molar-refractivity contribution in [3.05, 3.63) is 11.3 Å². The Hall–Kier alpha value is -0.590. The SMILES string of the molecule is C=NC(=C(C)C)C(C)C. The van der Waals surface area contributed by atoms with E-state index in [1.165, 1.54) is 5.57 Å². The highest BCUT2D eigenvalue weighted by Gasteiger charge is 1.99. The molecule has 0 aromatic carbocycles. The van der Waals surface area contributed by atoms with Crippen LogP contribution in [0.2, 0.25) is 0 Å². The molecular weight excluding hydrogens is 110 g/mol. The van der Waals surface area contributed by atoms with Crippen LogP contribution in [-0.4, -0.2) is 6.72 Å². The van der Waals surface area contributed by atoms with E-state index >= 15 is 0 Å². The Morgan fingerprint density at radius 1 is 1.33 bits per heavy atom. The zero-order valence-electron chi connectivity index (χ0n) is 6.73. The lowest BCUT2D eigenvalue weighted by molar-refractivity contribution is 0.747. The van der Waals surface area contributed by atoms with Gasteiger partial charge in [-0.2, -0.15) is 0 Å². The summed E-state index contributed by atoms with van der Waals surface area (Å²) in [5, 5.41) is 0. The Morgan fingerprint density at radius 2 is 1.78 bits per heavy atom. The van der Waals surface area contributed by atoms with E-state index in [0.717, 1.165) is 5.70 Å². The molecule has 1 heteroatoms. The summed E-state index contributed by atoms with van der Waals surface area (Å²) in [7, 11) is 0. The molecule has 52 valence electrons. The minimum atomic E-state index is 0.507. The molecule has 0 fully saturated rings. The van der Waals surface area contributed by atoms with Crippen LogP contribution >= 0.6 is 0 Å². The van der Waals surface area contributed by atoms with E-state index in [9.17, 15) is 0 Å². The van der Waals surface area contributed by atoms with Crippen molar-refractivity contribution < 1.29 is 0 Å². The first kappa shape index (κ1) is 8.41. The van der Waals surface area contributed by atoms with Crippen LogP contribution in [0.1, 0.15) is 27.7 Å². The van der Waals surface area contributed by atoms with Crippen molar-refractivity contribution in [2.45, 2.75) is 27.7 Å². The van der Waals surface area contributed by atoms with Gasteiger partial charge in [0.15, 0.2) is 0 Å². The average Bonchev–Trinajstić information content (AvgIpc) is 1.64. The van der Waals surface area contributed by atoms with E-state index < -0.39 is 0 Å². The third-order valence-electron chi connectivity index (χ3n) is 1.23. The van der Waals surface area contributed by atoms with E-state index in [0.29, 0.717) is 5.92 Å². The highest BCUT2D eigenvalue weighted by atomic mass is 14.7. The van der Waals surface area contributed by atoms with Gasteiger partial charge in [0.2, 0.25) is 0 Å². The lowest BCUT2D eigenvalue weighted by atomic mass is 10.1. The molecule has 0 aromatic heterocycles. The molecule has 0 N–H and O–H groups in total. The lowest BCUT2D eigenvalue weighted by Crippen LogP contribution is -1.91. The van der Waals surface area contributed by atoms with Crippen LogP contribution < -0.4 is 0 Å². The van der Waals surface area contributed by atoms with Crippen LogP contribution in [0.25, 0.3) is 0 Å². The third kappa shape index (κ3) is 2.45. The number of hydrogen-bond acceptors (Lipinski definition) is 1. The molecule has 0 bridgehead atoms. The van der Waals surface area contributed by atoms with Gasteiger partial charge in [-0.05, 0) is 26.5 Å². The van der Waals surface area contributed by atoms with Gasteiger partial charge >= 0.3 is 0 Å². The fourth-order valence-corrected chi connectivity index (χ4v) is 0.918. The third-order valence-corrected chi connectivity index (χ3v) is 1.23. The van der Waals surface area contributed by atoms with E-state index in [1.807, 2.05) is 0 Å². The molecule has 0 aromatic rings. The number of nitrogens with zero attached hydrogens (tertiary/aromatic N) is 1. The molecule has 0 saturated carbocycles. The predicted molar refractivity (Wildman–Crippen MR) is 42.8 cm³/mol. The normalized spacial score (nSPS) is 9.44. The maximum atomic E-state index is 3.92. The Bertz CT molecular complexity index is 128. The standard InChI is InChI=1S/C8H15N/c1-6(2)8(9-5)7(3)4/h6H,5H2,1-4H3. The largest absolute Gasteiger partial charge is 0.269 e. The van der Waals surface area contributed by atoms with Gasteiger partial charge in [-0.15, -0.1) is 0 Å². The summed E-state index contributed by atoms with van der Waals surface area (Å²) in [6.07, 6.45) is 0. The van der Waals surface area contributed by atoms with Gasteiger partial charge in [-0.25, -0.2) is 0 Å². The van der Waals surface area contributed by atoms with Crippen LogP contribution in [0.4, 0.5) is 0 Å². The first-order valence-corrected chi connectivity index (χ1v) is 3.23. The van der Waals surface area contributed by atoms with Crippen molar-refractivity contribution in [3.8, 4) is 0 Å². The summed E-state index contributed by atoms with van der Waals surface area (Å²) in [5.41, 5.74) is 2.38. The minimum absolute atomic E-state index is 0.507.